The minimum absolute atomic E-state index is 0.0977. The third-order valence-corrected chi connectivity index (χ3v) is 7.70. The van der Waals surface area contributed by atoms with Crippen molar-refractivity contribution in [3.63, 3.8) is 0 Å². The van der Waals surface area contributed by atoms with Gasteiger partial charge in [-0.15, -0.1) is 0 Å². The van der Waals surface area contributed by atoms with Crippen LogP contribution >= 0.6 is 11.6 Å². The molecule has 0 amide bonds. The standard InChI is InChI=1S/C30H34ClN5O2/c1-5-35(20(3)18-38-4)21-15-16-25(19(2)17-21)32-28-27(22-11-9-10-13-24(22)31)34-36-29(28)33-26-14-8-6-7-12-23(26)30(36)37/h9-11,13,15-17,20H,5-8,12,14,18H2,1-4H3. The molecule has 1 aromatic heterocycles. The highest BCUT2D eigenvalue weighted by Gasteiger charge is 2.31. The molecular weight excluding hydrogens is 498 g/mol. The van der Waals surface area contributed by atoms with Gasteiger partial charge < -0.3 is 9.64 Å². The van der Waals surface area contributed by atoms with Gasteiger partial charge in [0.2, 0.25) is 0 Å². The number of halogens is 1. The Balaban J connectivity index is 1.64. The molecule has 0 bridgehead atoms. The second-order valence-electron chi connectivity index (χ2n) is 9.99. The lowest BCUT2D eigenvalue weighted by atomic mass is 10.0. The van der Waals surface area contributed by atoms with Crippen LogP contribution in [0, 0.1) is 6.92 Å². The van der Waals surface area contributed by atoms with Crippen LogP contribution < -0.4 is 10.5 Å². The fraction of sp³-hybridized carbons (Fsp3) is 0.400. The first kappa shape index (κ1) is 26.3. The lowest BCUT2D eigenvalue weighted by Gasteiger charge is -2.30. The van der Waals surface area contributed by atoms with Crippen LogP contribution in [0.3, 0.4) is 0 Å². The molecule has 2 aliphatic rings. The summed E-state index contributed by atoms with van der Waals surface area (Å²) in [5.74, 6) is 0.484. The monoisotopic (exact) mass is 531 g/mol. The van der Waals surface area contributed by atoms with E-state index in [0.717, 1.165) is 72.4 Å². The Labute approximate surface area is 228 Å². The van der Waals surface area contributed by atoms with Crippen LogP contribution in [-0.4, -0.2) is 47.4 Å². The average molecular weight is 532 g/mol. The highest BCUT2D eigenvalue weighted by Crippen LogP contribution is 2.30. The lowest BCUT2D eigenvalue weighted by Crippen LogP contribution is -2.36. The molecule has 7 nitrogen and oxygen atoms in total. The number of aryl methyl sites for hydroxylation is 2. The molecule has 198 valence electrons. The molecule has 1 atom stereocenters. The topological polar surface area (TPSA) is 72.1 Å². The minimum atomic E-state index is -0.0977. The molecule has 3 aromatic rings. The summed E-state index contributed by atoms with van der Waals surface area (Å²) in [5.41, 5.74) is 6.35. The smallest absolute Gasteiger partial charge is 0.277 e. The molecule has 1 aliphatic heterocycles. The maximum absolute atomic E-state index is 13.6. The number of hydrogen-bond acceptors (Lipinski definition) is 6. The van der Waals surface area contributed by atoms with Crippen molar-refractivity contribution in [2.75, 3.05) is 25.2 Å². The molecule has 2 heterocycles. The van der Waals surface area contributed by atoms with Crippen LogP contribution in [0.2, 0.25) is 5.02 Å². The molecule has 5 rings (SSSR count). The van der Waals surface area contributed by atoms with Crippen LogP contribution in [0.15, 0.2) is 57.4 Å². The van der Waals surface area contributed by atoms with Crippen LogP contribution in [0.4, 0.5) is 11.4 Å². The molecular formula is C30H34ClN5O2. The van der Waals surface area contributed by atoms with E-state index in [-0.39, 0.29) is 11.6 Å². The van der Waals surface area contributed by atoms with Crippen molar-refractivity contribution in [2.24, 2.45) is 10.1 Å². The molecule has 1 unspecified atom stereocenters. The van der Waals surface area contributed by atoms with Crippen molar-refractivity contribution in [2.45, 2.75) is 58.9 Å². The largest absolute Gasteiger partial charge is 0.383 e. The van der Waals surface area contributed by atoms with E-state index < -0.39 is 0 Å². The predicted molar refractivity (Wildman–Crippen MR) is 155 cm³/mol. The lowest BCUT2D eigenvalue weighted by molar-refractivity contribution is 0.182. The van der Waals surface area contributed by atoms with E-state index in [1.54, 1.807) is 7.11 Å². The minimum Gasteiger partial charge on any atom is -0.383 e. The molecule has 0 fully saturated rings. The van der Waals surface area contributed by atoms with Crippen molar-refractivity contribution in [3.05, 3.63) is 86.0 Å². The summed E-state index contributed by atoms with van der Waals surface area (Å²) in [6.45, 7) is 7.87. The SMILES string of the molecule is CCN(c1ccc(N=C2C(c3ccccc3Cl)=Nn3c2nc2c(c3=O)CCCCC2)c(C)c1)C(C)COC. The number of ether oxygens (including phenoxy) is 1. The molecule has 0 spiro atoms. The van der Waals surface area contributed by atoms with Crippen LogP contribution in [-0.2, 0) is 17.6 Å². The summed E-state index contributed by atoms with van der Waals surface area (Å²) < 4.78 is 6.81. The molecule has 0 N–H and O–H groups in total. The normalized spacial score (nSPS) is 16.6. The molecule has 0 radical (unpaired) electrons. The number of anilines is 1. The van der Waals surface area contributed by atoms with Crippen LogP contribution in [0.1, 0.15) is 61.3 Å². The van der Waals surface area contributed by atoms with Gasteiger partial charge in [0.05, 0.1) is 23.0 Å². The number of hydrogen-bond donors (Lipinski definition) is 0. The molecule has 2 aromatic carbocycles. The highest BCUT2D eigenvalue weighted by atomic mass is 35.5. The van der Waals surface area contributed by atoms with E-state index in [4.69, 9.17) is 31.4 Å². The maximum Gasteiger partial charge on any atom is 0.277 e. The number of aromatic nitrogens is 2. The van der Waals surface area contributed by atoms with E-state index in [9.17, 15) is 4.79 Å². The first-order valence-electron chi connectivity index (χ1n) is 13.4. The van der Waals surface area contributed by atoms with E-state index >= 15 is 0 Å². The van der Waals surface area contributed by atoms with Crippen molar-refractivity contribution in [1.29, 1.82) is 0 Å². The fourth-order valence-corrected chi connectivity index (χ4v) is 5.63. The van der Waals surface area contributed by atoms with Gasteiger partial charge in [-0.2, -0.15) is 9.78 Å². The Bertz CT molecular complexity index is 1480. The molecule has 38 heavy (non-hydrogen) atoms. The number of benzene rings is 2. The van der Waals surface area contributed by atoms with Gasteiger partial charge in [-0.1, -0.05) is 36.2 Å². The van der Waals surface area contributed by atoms with Crippen molar-refractivity contribution in [3.8, 4) is 0 Å². The van der Waals surface area contributed by atoms with Gasteiger partial charge in [-0.3, -0.25) is 4.79 Å². The molecule has 1 aliphatic carbocycles. The second-order valence-corrected chi connectivity index (χ2v) is 10.4. The molecule has 8 heteroatoms. The average Bonchev–Trinajstić information content (AvgIpc) is 3.08. The second kappa shape index (κ2) is 11.2. The van der Waals surface area contributed by atoms with Gasteiger partial charge in [-0.05, 0) is 76.3 Å². The van der Waals surface area contributed by atoms with E-state index in [2.05, 4.69) is 37.8 Å². The quantitative estimate of drug-likeness (QED) is 0.365. The van der Waals surface area contributed by atoms with Crippen LogP contribution in [0.25, 0.3) is 0 Å². The van der Waals surface area contributed by atoms with Gasteiger partial charge in [-0.25, -0.2) is 9.98 Å². The van der Waals surface area contributed by atoms with Gasteiger partial charge in [0.1, 0.15) is 11.4 Å². The van der Waals surface area contributed by atoms with Gasteiger partial charge in [0.15, 0.2) is 5.82 Å². The van der Waals surface area contributed by atoms with E-state index in [0.29, 0.717) is 28.9 Å². The Hall–Kier alpha value is -3.29. The fourth-order valence-electron chi connectivity index (χ4n) is 5.40. The summed E-state index contributed by atoms with van der Waals surface area (Å²) in [4.78, 5) is 25.9. The van der Waals surface area contributed by atoms with Crippen molar-refractivity contribution in [1.82, 2.24) is 9.66 Å². The third kappa shape index (κ3) is 4.93. The highest BCUT2D eigenvalue weighted by molar-refractivity contribution is 6.56. The number of fused-ring (bicyclic) bond motifs is 2. The number of likely N-dealkylation sites (N-methyl/N-ethyl adjacent to an activating group) is 1. The number of rotatable bonds is 7. The number of aliphatic imine (C=N–C) groups is 1. The van der Waals surface area contributed by atoms with Crippen molar-refractivity contribution >= 4 is 34.4 Å². The van der Waals surface area contributed by atoms with Crippen molar-refractivity contribution < 1.29 is 4.74 Å². The molecule has 0 saturated heterocycles. The van der Waals surface area contributed by atoms with Gasteiger partial charge in [0, 0.05) is 36.5 Å². The zero-order valence-electron chi connectivity index (χ0n) is 22.5. The summed E-state index contributed by atoms with van der Waals surface area (Å²) in [6.07, 6.45) is 4.66. The Morgan fingerprint density at radius 1 is 1.16 bits per heavy atom. The summed E-state index contributed by atoms with van der Waals surface area (Å²) in [7, 11) is 1.73. The third-order valence-electron chi connectivity index (χ3n) is 7.37. The summed E-state index contributed by atoms with van der Waals surface area (Å²) in [5, 5.41) is 5.31. The van der Waals surface area contributed by atoms with E-state index in [1.165, 1.54) is 4.68 Å². The first-order valence-corrected chi connectivity index (χ1v) is 13.7. The number of nitrogens with zero attached hydrogens (tertiary/aromatic N) is 5. The number of methoxy groups -OCH3 is 1. The van der Waals surface area contributed by atoms with E-state index in [1.807, 2.05) is 30.3 Å². The zero-order valence-corrected chi connectivity index (χ0v) is 23.3. The Kier molecular flexibility index (Phi) is 7.77. The zero-order chi connectivity index (χ0) is 26.8. The summed E-state index contributed by atoms with van der Waals surface area (Å²) >= 11 is 6.60. The van der Waals surface area contributed by atoms with Gasteiger partial charge >= 0.3 is 0 Å². The summed E-state index contributed by atoms with van der Waals surface area (Å²) in [6, 6.07) is 14.0. The Morgan fingerprint density at radius 3 is 2.68 bits per heavy atom. The van der Waals surface area contributed by atoms with Gasteiger partial charge in [0.25, 0.3) is 5.56 Å². The Morgan fingerprint density at radius 2 is 1.95 bits per heavy atom. The predicted octanol–water partition coefficient (Wildman–Crippen LogP) is 5.72. The maximum atomic E-state index is 13.6. The van der Waals surface area contributed by atoms with Crippen LogP contribution in [0.5, 0.6) is 0 Å². The molecule has 0 saturated carbocycles. The first-order chi connectivity index (χ1) is 18.4.